The normalized spacial score (nSPS) is 11.6. The second-order valence-corrected chi connectivity index (χ2v) is 6.14. The van der Waals surface area contributed by atoms with Crippen molar-refractivity contribution in [3.8, 4) is 0 Å². The van der Waals surface area contributed by atoms with E-state index in [-0.39, 0.29) is 11.0 Å². The molecule has 0 atom stereocenters. The lowest BCUT2D eigenvalue weighted by Crippen LogP contribution is -2.33. The summed E-state index contributed by atoms with van der Waals surface area (Å²) in [7, 11) is 0. The molecule has 118 valence electrons. The maximum Gasteiger partial charge on any atom is 0.420 e. The Balaban J connectivity index is 2.56. The van der Waals surface area contributed by atoms with Crippen LogP contribution in [0.15, 0.2) is 23.0 Å². The Morgan fingerprint density at radius 2 is 1.91 bits per heavy atom. The van der Waals surface area contributed by atoms with Crippen molar-refractivity contribution in [1.29, 1.82) is 0 Å². The predicted octanol–water partition coefficient (Wildman–Crippen LogP) is 2.32. The van der Waals surface area contributed by atoms with Gasteiger partial charge in [0.1, 0.15) is 12.1 Å². The molecule has 2 aromatic rings. The molecule has 1 N–H and O–H groups in total. The lowest BCUT2D eigenvalue weighted by Gasteiger charge is -2.19. The van der Waals surface area contributed by atoms with Crippen LogP contribution in [0.3, 0.4) is 0 Å². The van der Waals surface area contributed by atoms with E-state index in [1.807, 2.05) is 0 Å². The molecule has 0 amide bonds. The number of hydrogen-bond acceptors (Lipinski definition) is 4. The van der Waals surface area contributed by atoms with Gasteiger partial charge in [0.2, 0.25) is 0 Å². The molecule has 1 aromatic carbocycles. The van der Waals surface area contributed by atoms with Crippen LogP contribution in [0, 0.1) is 0 Å². The fourth-order valence-electron chi connectivity index (χ4n) is 2.07. The van der Waals surface area contributed by atoms with Crippen molar-refractivity contribution in [2.75, 3.05) is 0 Å². The van der Waals surface area contributed by atoms with Crippen LogP contribution < -0.4 is 5.69 Å². The molecule has 0 spiro atoms. The highest BCUT2D eigenvalue weighted by Gasteiger charge is 2.22. The van der Waals surface area contributed by atoms with Crippen LogP contribution in [0.4, 0.5) is 4.79 Å². The van der Waals surface area contributed by atoms with Gasteiger partial charge in [0.05, 0.1) is 11.0 Å². The summed E-state index contributed by atoms with van der Waals surface area (Å²) in [6, 6.07) is 4.32. The Morgan fingerprint density at radius 3 is 2.45 bits per heavy atom. The number of ether oxygens (including phenoxy) is 1. The molecular formula is C14H15ClN2O5. The molecule has 8 heteroatoms. The minimum Gasteiger partial charge on any atom is -0.464 e. The van der Waals surface area contributed by atoms with Crippen molar-refractivity contribution in [3.63, 3.8) is 0 Å². The van der Waals surface area contributed by atoms with E-state index in [0.29, 0.717) is 9.59 Å². The van der Waals surface area contributed by atoms with E-state index in [4.69, 9.17) is 21.4 Å². The van der Waals surface area contributed by atoms with Crippen molar-refractivity contribution >= 4 is 34.7 Å². The highest BCUT2D eigenvalue weighted by molar-refractivity contribution is 6.31. The van der Waals surface area contributed by atoms with E-state index < -0.39 is 29.9 Å². The fraction of sp³-hybridized carbons (Fsp3) is 0.357. The van der Waals surface area contributed by atoms with Gasteiger partial charge in [0, 0.05) is 5.02 Å². The minimum absolute atomic E-state index is 0.158. The Hall–Kier alpha value is -2.28. The van der Waals surface area contributed by atoms with Crippen molar-refractivity contribution in [2.45, 2.75) is 32.9 Å². The summed E-state index contributed by atoms with van der Waals surface area (Å²) in [6.07, 6.45) is -1.43. The van der Waals surface area contributed by atoms with Gasteiger partial charge in [-0.2, -0.15) is 4.57 Å². The van der Waals surface area contributed by atoms with Crippen LogP contribution in [0.5, 0.6) is 0 Å². The number of benzene rings is 1. The van der Waals surface area contributed by atoms with Gasteiger partial charge >= 0.3 is 17.8 Å². The summed E-state index contributed by atoms with van der Waals surface area (Å²) < 4.78 is 6.75. The van der Waals surface area contributed by atoms with Crippen LogP contribution in [0.2, 0.25) is 5.02 Å². The summed E-state index contributed by atoms with van der Waals surface area (Å²) in [5.74, 6) is -0.640. The molecule has 0 fully saturated rings. The largest absolute Gasteiger partial charge is 0.464 e. The molecule has 0 saturated heterocycles. The monoisotopic (exact) mass is 326 g/mol. The summed E-state index contributed by atoms with van der Waals surface area (Å²) >= 11 is 5.89. The number of imidazole rings is 1. The van der Waals surface area contributed by atoms with Gasteiger partial charge in [-0.1, -0.05) is 11.6 Å². The van der Waals surface area contributed by atoms with Crippen molar-refractivity contribution in [2.24, 2.45) is 0 Å². The lowest BCUT2D eigenvalue weighted by atomic mass is 10.2. The number of fused-ring (bicyclic) bond motifs is 1. The average molecular weight is 327 g/mol. The smallest absolute Gasteiger partial charge is 0.420 e. The SMILES string of the molecule is CC(C)(C)OC(=O)Cn1c(=O)n(C(=O)O)c2ccc(Cl)cc21. The zero-order valence-electron chi connectivity index (χ0n) is 12.3. The van der Waals surface area contributed by atoms with Crippen LogP contribution in [0.25, 0.3) is 11.0 Å². The van der Waals surface area contributed by atoms with Gasteiger partial charge in [0.15, 0.2) is 0 Å². The number of hydrogen-bond donors (Lipinski definition) is 1. The molecule has 1 aromatic heterocycles. The molecule has 22 heavy (non-hydrogen) atoms. The molecular weight excluding hydrogens is 312 g/mol. The molecule has 0 radical (unpaired) electrons. The third-order valence-electron chi connectivity index (χ3n) is 2.79. The maximum absolute atomic E-state index is 12.2. The van der Waals surface area contributed by atoms with E-state index in [1.54, 1.807) is 20.8 Å². The Morgan fingerprint density at radius 1 is 1.27 bits per heavy atom. The number of carbonyl (C=O) groups excluding carboxylic acids is 1. The van der Waals surface area contributed by atoms with E-state index in [9.17, 15) is 14.4 Å². The van der Waals surface area contributed by atoms with E-state index in [2.05, 4.69) is 0 Å². The lowest BCUT2D eigenvalue weighted by molar-refractivity contribution is -0.155. The first-order valence-corrected chi connectivity index (χ1v) is 6.84. The average Bonchev–Trinajstić information content (AvgIpc) is 2.60. The molecule has 1 heterocycles. The van der Waals surface area contributed by atoms with Crippen molar-refractivity contribution < 1.29 is 19.4 Å². The summed E-state index contributed by atoms with van der Waals surface area (Å²) in [5, 5.41) is 9.49. The molecule has 0 bridgehead atoms. The number of halogens is 1. The van der Waals surface area contributed by atoms with Crippen molar-refractivity contribution in [1.82, 2.24) is 9.13 Å². The first kappa shape index (κ1) is 16.1. The molecule has 0 saturated carbocycles. The second kappa shape index (κ2) is 5.49. The van der Waals surface area contributed by atoms with E-state index in [1.165, 1.54) is 18.2 Å². The van der Waals surface area contributed by atoms with Gasteiger partial charge in [0.25, 0.3) is 0 Å². The third kappa shape index (κ3) is 3.14. The molecule has 0 aliphatic rings. The minimum atomic E-state index is -1.43. The summed E-state index contributed by atoms with van der Waals surface area (Å²) in [5.41, 5.74) is -1.13. The molecule has 0 unspecified atom stereocenters. The highest BCUT2D eigenvalue weighted by atomic mass is 35.5. The first-order valence-electron chi connectivity index (χ1n) is 6.46. The topological polar surface area (TPSA) is 90.5 Å². The number of rotatable bonds is 2. The van der Waals surface area contributed by atoms with Gasteiger partial charge < -0.3 is 9.84 Å². The van der Waals surface area contributed by atoms with E-state index >= 15 is 0 Å². The van der Waals surface area contributed by atoms with Crippen molar-refractivity contribution in [3.05, 3.63) is 33.7 Å². The molecule has 7 nitrogen and oxygen atoms in total. The van der Waals surface area contributed by atoms with Crippen LogP contribution in [0.1, 0.15) is 20.8 Å². The highest BCUT2D eigenvalue weighted by Crippen LogP contribution is 2.19. The first-order chi connectivity index (χ1) is 10.1. The summed E-state index contributed by atoms with van der Waals surface area (Å²) in [4.78, 5) is 35.4. The molecule has 0 aliphatic heterocycles. The van der Waals surface area contributed by atoms with Crippen LogP contribution in [-0.2, 0) is 16.1 Å². The van der Waals surface area contributed by atoms with Gasteiger partial charge in [-0.3, -0.25) is 9.36 Å². The number of carboxylic acid groups (broad SMARTS) is 1. The van der Waals surface area contributed by atoms with Crippen LogP contribution >= 0.6 is 11.6 Å². The van der Waals surface area contributed by atoms with Gasteiger partial charge in [-0.15, -0.1) is 0 Å². The maximum atomic E-state index is 12.2. The Labute approximate surface area is 130 Å². The third-order valence-corrected chi connectivity index (χ3v) is 3.02. The van der Waals surface area contributed by atoms with Gasteiger partial charge in [-0.05, 0) is 39.0 Å². The zero-order chi connectivity index (χ0) is 16.7. The zero-order valence-corrected chi connectivity index (χ0v) is 13.0. The number of nitrogens with zero attached hydrogens (tertiary/aromatic N) is 2. The standard InChI is InChI=1S/C14H15ClN2O5/c1-14(2,3)22-11(18)7-16-10-6-8(15)4-5-9(10)17(12(16)19)13(20)21/h4-6H,7H2,1-3H3,(H,20,21). The number of esters is 1. The predicted molar refractivity (Wildman–Crippen MR) is 80.5 cm³/mol. The van der Waals surface area contributed by atoms with E-state index in [0.717, 1.165) is 4.57 Å². The fourth-order valence-corrected chi connectivity index (χ4v) is 2.24. The Bertz CT molecular complexity index is 813. The van der Waals surface area contributed by atoms with Gasteiger partial charge in [-0.25, -0.2) is 9.59 Å². The second-order valence-electron chi connectivity index (χ2n) is 5.71. The van der Waals surface area contributed by atoms with Crippen LogP contribution in [-0.4, -0.2) is 31.9 Å². The molecule has 0 aliphatic carbocycles. The molecule has 2 rings (SSSR count). The summed E-state index contributed by atoms with van der Waals surface area (Å²) in [6.45, 7) is 4.70. The number of carbonyl (C=O) groups is 2. The number of aromatic nitrogens is 2. The Kier molecular flexibility index (Phi) is 4.02. The quantitative estimate of drug-likeness (QED) is 0.855.